The number of aryl methyl sites for hydroxylation is 1. The first-order valence-corrected chi connectivity index (χ1v) is 9.07. The lowest BCUT2D eigenvalue weighted by Crippen LogP contribution is -2.34. The van der Waals surface area contributed by atoms with Crippen molar-refractivity contribution in [2.75, 3.05) is 0 Å². The van der Waals surface area contributed by atoms with Crippen molar-refractivity contribution in [1.82, 2.24) is 20.2 Å². The van der Waals surface area contributed by atoms with E-state index in [1.807, 2.05) is 6.92 Å². The van der Waals surface area contributed by atoms with Crippen molar-refractivity contribution in [2.24, 2.45) is 5.92 Å². The van der Waals surface area contributed by atoms with Crippen molar-refractivity contribution in [2.45, 2.75) is 70.5 Å². The number of nitrogens with zero attached hydrogens (tertiary/aromatic N) is 1. The van der Waals surface area contributed by atoms with Crippen LogP contribution in [0.2, 0.25) is 0 Å². The average molecular weight is 314 g/mol. The Bertz CT molecular complexity index is 576. The maximum absolute atomic E-state index is 12.6. The number of hydrogen-bond acceptors (Lipinski definition) is 4. The van der Waals surface area contributed by atoms with Gasteiger partial charge in [-0.15, -0.1) is 0 Å². The lowest BCUT2D eigenvalue weighted by Gasteiger charge is -2.16. The van der Waals surface area contributed by atoms with Gasteiger partial charge in [-0.1, -0.05) is 13.8 Å². The molecule has 1 heterocycles. The summed E-state index contributed by atoms with van der Waals surface area (Å²) in [6.07, 6.45) is 3.14. The highest BCUT2D eigenvalue weighted by Gasteiger charge is 2.27. The predicted octanol–water partition coefficient (Wildman–Crippen LogP) is 1.68. The van der Waals surface area contributed by atoms with Crippen molar-refractivity contribution < 1.29 is 8.42 Å². The lowest BCUT2D eigenvalue weighted by atomic mass is 10.1. The number of sulfonamides is 1. The zero-order valence-electron chi connectivity index (χ0n) is 13.2. The Morgan fingerprint density at radius 2 is 2.00 bits per heavy atom. The molecule has 1 aromatic rings. The highest BCUT2D eigenvalue weighted by Crippen LogP contribution is 2.22. The van der Waals surface area contributed by atoms with Crippen LogP contribution in [0.4, 0.5) is 0 Å². The van der Waals surface area contributed by atoms with Gasteiger partial charge in [0.2, 0.25) is 10.0 Å². The van der Waals surface area contributed by atoms with E-state index in [-0.39, 0.29) is 6.04 Å². The van der Waals surface area contributed by atoms with E-state index in [4.69, 9.17) is 0 Å². The number of aromatic amines is 1. The normalized spacial score (nSPS) is 17.4. The number of H-pyrrole nitrogens is 1. The molecule has 21 heavy (non-hydrogen) atoms. The van der Waals surface area contributed by atoms with Crippen LogP contribution >= 0.6 is 0 Å². The Labute approximate surface area is 127 Å². The van der Waals surface area contributed by atoms with E-state index in [0.29, 0.717) is 34.8 Å². The second-order valence-corrected chi connectivity index (χ2v) is 8.08. The molecule has 1 unspecified atom stereocenters. The molecule has 1 aliphatic carbocycles. The van der Waals surface area contributed by atoms with Crippen LogP contribution < -0.4 is 10.0 Å². The van der Waals surface area contributed by atoms with E-state index in [2.05, 4.69) is 34.1 Å². The Morgan fingerprint density at radius 3 is 2.57 bits per heavy atom. The van der Waals surface area contributed by atoms with Gasteiger partial charge < -0.3 is 5.32 Å². The fourth-order valence-corrected chi connectivity index (χ4v) is 4.17. The summed E-state index contributed by atoms with van der Waals surface area (Å²) in [6, 6.07) is 0.430. The third-order valence-electron chi connectivity index (χ3n) is 3.55. The van der Waals surface area contributed by atoms with Crippen LogP contribution in [-0.2, 0) is 16.6 Å². The minimum absolute atomic E-state index is 0.0893. The molecule has 6 nitrogen and oxygen atoms in total. The highest BCUT2D eigenvalue weighted by molar-refractivity contribution is 7.89. The highest BCUT2D eigenvalue weighted by atomic mass is 32.2. The molecule has 3 N–H and O–H groups in total. The molecule has 0 amide bonds. The Hall–Kier alpha value is -0.920. The van der Waals surface area contributed by atoms with E-state index in [0.717, 1.165) is 19.3 Å². The molecular formula is C14H26N4O2S. The molecule has 1 atom stereocenters. The second-order valence-electron chi connectivity index (χ2n) is 6.43. The Morgan fingerprint density at radius 1 is 1.33 bits per heavy atom. The van der Waals surface area contributed by atoms with Crippen molar-refractivity contribution >= 4 is 10.0 Å². The first-order valence-electron chi connectivity index (χ1n) is 7.59. The number of hydrogen-bond donors (Lipinski definition) is 3. The molecule has 1 aliphatic rings. The molecular weight excluding hydrogens is 288 g/mol. The minimum atomic E-state index is -3.53. The molecule has 1 aromatic heterocycles. The third-order valence-corrected chi connectivity index (χ3v) is 5.34. The predicted molar refractivity (Wildman–Crippen MR) is 82.4 cm³/mol. The van der Waals surface area contributed by atoms with Gasteiger partial charge in [0.05, 0.1) is 11.4 Å². The number of rotatable bonds is 8. The van der Waals surface area contributed by atoms with Gasteiger partial charge in [0.1, 0.15) is 4.90 Å². The smallest absolute Gasteiger partial charge is 0.244 e. The fraction of sp³-hybridized carbons (Fsp3) is 0.786. The molecule has 2 rings (SSSR count). The van der Waals surface area contributed by atoms with Crippen LogP contribution in [0.3, 0.4) is 0 Å². The largest absolute Gasteiger partial charge is 0.308 e. The molecule has 0 saturated heterocycles. The van der Waals surface area contributed by atoms with Gasteiger partial charge in [0.25, 0.3) is 0 Å². The van der Waals surface area contributed by atoms with Gasteiger partial charge in [-0.05, 0) is 39.0 Å². The number of aromatic nitrogens is 2. The van der Waals surface area contributed by atoms with E-state index < -0.39 is 10.0 Å². The monoisotopic (exact) mass is 314 g/mol. The van der Waals surface area contributed by atoms with Crippen LogP contribution in [-0.4, -0.2) is 30.7 Å². The molecule has 1 saturated carbocycles. The van der Waals surface area contributed by atoms with Gasteiger partial charge in [0, 0.05) is 18.6 Å². The van der Waals surface area contributed by atoms with E-state index in [1.165, 1.54) is 0 Å². The molecule has 7 heteroatoms. The molecule has 0 radical (unpaired) electrons. The summed E-state index contributed by atoms with van der Waals surface area (Å²) in [7, 11) is -3.53. The van der Waals surface area contributed by atoms with Crippen molar-refractivity contribution in [3.05, 3.63) is 11.4 Å². The standard InChI is InChI=1S/C14H26N4O2S/c1-9(2)7-10(3)18-21(19,20)14-11(4)16-17-13(14)8-15-12-5-6-12/h9-10,12,15,18H,5-8H2,1-4H3,(H,16,17). The summed E-state index contributed by atoms with van der Waals surface area (Å²) < 4.78 is 27.9. The quantitative estimate of drug-likeness (QED) is 0.681. The van der Waals surface area contributed by atoms with Crippen molar-refractivity contribution in [3.63, 3.8) is 0 Å². The summed E-state index contributed by atoms with van der Waals surface area (Å²) in [5, 5.41) is 10.2. The summed E-state index contributed by atoms with van der Waals surface area (Å²) in [5.41, 5.74) is 1.16. The first-order chi connectivity index (χ1) is 9.79. The zero-order chi connectivity index (χ0) is 15.6. The van der Waals surface area contributed by atoms with E-state index in [1.54, 1.807) is 6.92 Å². The molecule has 0 bridgehead atoms. The van der Waals surface area contributed by atoms with E-state index in [9.17, 15) is 8.42 Å². The van der Waals surface area contributed by atoms with Gasteiger partial charge in [-0.25, -0.2) is 13.1 Å². The van der Waals surface area contributed by atoms with Gasteiger partial charge >= 0.3 is 0 Å². The first kappa shape index (κ1) is 16.5. The van der Waals surface area contributed by atoms with Crippen LogP contribution in [0, 0.1) is 12.8 Å². The van der Waals surface area contributed by atoms with Crippen LogP contribution in [0.25, 0.3) is 0 Å². The zero-order valence-corrected chi connectivity index (χ0v) is 14.0. The van der Waals surface area contributed by atoms with Gasteiger partial charge in [-0.2, -0.15) is 5.10 Å². The molecule has 0 aromatic carbocycles. The van der Waals surface area contributed by atoms with Crippen molar-refractivity contribution in [3.8, 4) is 0 Å². The summed E-state index contributed by atoms with van der Waals surface area (Å²) >= 11 is 0. The fourth-order valence-electron chi connectivity index (χ4n) is 2.55. The van der Waals surface area contributed by atoms with E-state index >= 15 is 0 Å². The summed E-state index contributed by atoms with van der Waals surface area (Å²) in [5.74, 6) is 0.448. The second kappa shape index (κ2) is 6.46. The maximum atomic E-state index is 12.6. The van der Waals surface area contributed by atoms with Crippen molar-refractivity contribution in [1.29, 1.82) is 0 Å². The van der Waals surface area contributed by atoms with Crippen LogP contribution in [0.15, 0.2) is 4.90 Å². The minimum Gasteiger partial charge on any atom is -0.308 e. The van der Waals surface area contributed by atoms with Gasteiger partial charge in [0.15, 0.2) is 0 Å². The topological polar surface area (TPSA) is 86.9 Å². The molecule has 0 aliphatic heterocycles. The third kappa shape index (κ3) is 4.52. The summed E-state index contributed by atoms with van der Waals surface area (Å²) in [6.45, 7) is 8.30. The van der Waals surface area contributed by atoms with Gasteiger partial charge in [-0.3, -0.25) is 5.10 Å². The summed E-state index contributed by atoms with van der Waals surface area (Å²) in [4.78, 5) is 0.297. The Balaban J connectivity index is 2.12. The molecule has 120 valence electrons. The van der Waals surface area contributed by atoms with Crippen LogP contribution in [0.5, 0.6) is 0 Å². The lowest BCUT2D eigenvalue weighted by molar-refractivity contribution is 0.482. The molecule has 1 fully saturated rings. The maximum Gasteiger partial charge on any atom is 0.244 e. The number of nitrogens with one attached hydrogen (secondary N) is 3. The SMILES string of the molecule is Cc1[nH]nc(CNC2CC2)c1S(=O)(=O)NC(C)CC(C)C. The van der Waals surface area contributed by atoms with Crippen LogP contribution in [0.1, 0.15) is 51.4 Å². The Kier molecular flexibility index (Phi) is 5.06. The average Bonchev–Trinajstić information content (AvgIpc) is 3.07. The molecule has 0 spiro atoms.